The Bertz CT molecular complexity index is 760. The Labute approximate surface area is 150 Å². The molecule has 0 unspecified atom stereocenters. The number of hydrogen-bond acceptors (Lipinski definition) is 5. The van der Waals surface area contributed by atoms with E-state index in [-0.39, 0.29) is 11.7 Å². The van der Waals surface area contributed by atoms with Gasteiger partial charge in [0.25, 0.3) is 5.91 Å². The molecule has 3 rings (SSSR count). The van der Waals surface area contributed by atoms with E-state index in [4.69, 9.17) is 11.6 Å². The number of rotatable bonds is 3. The summed E-state index contributed by atoms with van der Waals surface area (Å²) in [5, 5.41) is 0.380. The fraction of sp³-hybridized carbons (Fsp3) is 0.353. The molecule has 2 heterocycles. The highest BCUT2D eigenvalue weighted by Crippen LogP contribution is 2.27. The van der Waals surface area contributed by atoms with Gasteiger partial charge in [-0.2, -0.15) is 0 Å². The van der Waals surface area contributed by atoms with Crippen LogP contribution in [-0.4, -0.2) is 61.0 Å². The van der Waals surface area contributed by atoms with Gasteiger partial charge in [-0.15, -0.1) is 0 Å². The monoisotopic (exact) mass is 363 g/mol. The van der Waals surface area contributed by atoms with E-state index in [1.54, 1.807) is 17.2 Å². The predicted octanol–water partition coefficient (Wildman–Crippen LogP) is 2.30. The van der Waals surface area contributed by atoms with Gasteiger partial charge in [0.2, 0.25) is 0 Å². The van der Waals surface area contributed by atoms with Gasteiger partial charge >= 0.3 is 0 Å². The molecule has 6 nitrogen and oxygen atoms in total. The molecule has 132 valence electrons. The van der Waals surface area contributed by atoms with Crippen molar-refractivity contribution in [2.45, 2.75) is 0 Å². The lowest BCUT2D eigenvalue weighted by atomic mass is 10.2. The second kappa shape index (κ2) is 7.23. The Morgan fingerprint density at radius 2 is 1.88 bits per heavy atom. The van der Waals surface area contributed by atoms with Gasteiger partial charge in [-0.05, 0) is 18.2 Å². The van der Waals surface area contributed by atoms with E-state index in [0.717, 1.165) is 5.69 Å². The highest BCUT2D eigenvalue weighted by Gasteiger charge is 2.24. The maximum atomic E-state index is 13.2. The molecule has 8 heteroatoms. The molecule has 1 aliphatic heterocycles. The number of hydrogen-bond donors (Lipinski definition) is 0. The zero-order chi connectivity index (χ0) is 18.0. The van der Waals surface area contributed by atoms with E-state index in [2.05, 4.69) is 9.97 Å². The van der Waals surface area contributed by atoms with Crippen LogP contribution in [0.1, 0.15) is 10.5 Å². The first-order valence-electron chi connectivity index (χ1n) is 7.94. The van der Waals surface area contributed by atoms with Crippen LogP contribution in [0.5, 0.6) is 0 Å². The largest absolute Gasteiger partial charge is 0.367 e. The number of nitrogens with zero attached hydrogens (tertiary/aromatic N) is 5. The third-order valence-electron chi connectivity index (χ3n) is 4.13. The Kier molecular flexibility index (Phi) is 5.03. The van der Waals surface area contributed by atoms with Crippen LogP contribution in [-0.2, 0) is 0 Å². The van der Waals surface area contributed by atoms with Crippen molar-refractivity contribution < 1.29 is 9.18 Å². The molecule has 0 aliphatic carbocycles. The summed E-state index contributed by atoms with van der Waals surface area (Å²) in [6.07, 6.45) is 3.09. The van der Waals surface area contributed by atoms with Crippen LogP contribution in [0.25, 0.3) is 0 Å². The number of piperazine rings is 1. The molecule has 0 atom stereocenters. The molecule has 1 saturated heterocycles. The van der Waals surface area contributed by atoms with Crippen molar-refractivity contribution >= 4 is 29.0 Å². The van der Waals surface area contributed by atoms with Crippen molar-refractivity contribution in [3.05, 3.63) is 47.1 Å². The maximum absolute atomic E-state index is 13.2. The van der Waals surface area contributed by atoms with Crippen molar-refractivity contribution in [3.8, 4) is 0 Å². The summed E-state index contributed by atoms with van der Waals surface area (Å²) >= 11 is 6.11. The Balaban J connectivity index is 1.64. The van der Waals surface area contributed by atoms with Crippen LogP contribution in [0.4, 0.5) is 15.9 Å². The molecular weight excluding hydrogens is 345 g/mol. The Hall–Kier alpha value is -2.41. The van der Waals surface area contributed by atoms with Gasteiger partial charge in [0.05, 0.1) is 23.1 Å². The predicted molar refractivity (Wildman–Crippen MR) is 95.9 cm³/mol. The maximum Gasteiger partial charge on any atom is 0.274 e. The van der Waals surface area contributed by atoms with E-state index in [1.165, 1.54) is 18.3 Å². The van der Waals surface area contributed by atoms with E-state index in [1.807, 2.05) is 23.9 Å². The molecule has 0 spiro atoms. The second-order valence-corrected chi connectivity index (χ2v) is 6.44. The first-order valence-corrected chi connectivity index (χ1v) is 8.32. The van der Waals surface area contributed by atoms with E-state index in [0.29, 0.717) is 42.7 Å². The molecule has 1 aromatic heterocycles. The summed E-state index contributed by atoms with van der Waals surface area (Å²) in [7, 11) is 3.73. The van der Waals surface area contributed by atoms with Crippen molar-refractivity contribution in [1.82, 2.24) is 14.9 Å². The molecule has 0 bridgehead atoms. The van der Waals surface area contributed by atoms with Gasteiger partial charge in [-0.25, -0.2) is 14.4 Å². The van der Waals surface area contributed by atoms with Crippen molar-refractivity contribution in [3.63, 3.8) is 0 Å². The molecule has 2 aromatic rings. The minimum atomic E-state index is -0.359. The summed E-state index contributed by atoms with van der Waals surface area (Å²) in [4.78, 5) is 26.6. The average molecular weight is 364 g/mol. The van der Waals surface area contributed by atoms with Crippen molar-refractivity contribution in [2.24, 2.45) is 0 Å². The van der Waals surface area contributed by atoms with Crippen molar-refractivity contribution in [1.29, 1.82) is 0 Å². The fourth-order valence-corrected chi connectivity index (χ4v) is 3.00. The molecule has 0 radical (unpaired) electrons. The Morgan fingerprint density at radius 1 is 1.16 bits per heavy atom. The summed E-state index contributed by atoms with van der Waals surface area (Å²) in [6, 6.07) is 4.36. The fourth-order valence-electron chi connectivity index (χ4n) is 2.71. The standard InChI is InChI=1S/C17H19ClFN5O/c1-22(2)16-11-20-14(10-21-16)17(25)24-7-5-23(6-8-24)15-4-3-12(19)9-13(15)18/h3-4,9-11H,5-8H2,1-2H3. The lowest BCUT2D eigenvalue weighted by Gasteiger charge is -2.36. The van der Waals surface area contributed by atoms with Crippen LogP contribution in [0.3, 0.4) is 0 Å². The first-order chi connectivity index (χ1) is 12.0. The van der Waals surface area contributed by atoms with Crippen molar-refractivity contribution in [2.75, 3.05) is 50.1 Å². The molecule has 1 fully saturated rings. The zero-order valence-corrected chi connectivity index (χ0v) is 14.9. The lowest BCUT2D eigenvalue weighted by Crippen LogP contribution is -2.49. The molecule has 25 heavy (non-hydrogen) atoms. The number of aromatic nitrogens is 2. The topological polar surface area (TPSA) is 52.6 Å². The normalized spacial score (nSPS) is 14.6. The van der Waals surface area contributed by atoms with Gasteiger partial charge in [-0.1, -0.05) is 11.6 Å². The highest BCUT2D eigenvalue weighted by molar-refractivity contribution is 6.33. The van der Waals surface area contributed by atoms with Gasteiger partial charge in [-0.3, -0.25) is 4.79 Å². The molecule has 0 saturated carbocycles. The minimum Gasteiger partial charge on any atom is -0.367 e. The molecule has 1 aliphatic rings. The van der Waals surface area contributed by atoms with E-state index in [9.17, 15) is 9.18 Å². The van der Waals surface area contributed by atoms with Gasteiger partial charge in [0, 0.05) is 40.3 Å². The SMILES string of the molecule is CN(C)c1cnc(C(=O)N2CCN(c3ccc(F)cc3Cl)CC2)cn1. The van der Waals surface area contributed by atoms with Gasteiger partial charge < -0.3 is 14.7 Å². The average Bonchev–Trinajstić information content (AvgIpc) is 2.61. The summed E-state index contributed by atoms with van der Waals surface area (Å²) in [5.41, 5.74) is 1.11. The van der Waals surface area contributed by atoms with Gasteiger partial charge in [0.1, 0.15) is 17.3 Å². The summed E-state index contributed by atoms with van der Waals surface area (Å²) < 4.78 is 13.2. The van der Waals surface area contributed by atoms with Crippen LogP contribution >= 0.6 is 11.6 Å². The van der Waals surface area contributed by atoms with E-state index >= 15 is 0 Å². The van der Waals surface area contributed by atoms with Crippen LogP contribution in [0.2, 0.25) is 5.02 Å². The van der Waals surface area contributed by atoms with E-state index < -0.39 is 0 Å². The smallest absolute Gasteiger partial charge is 0.274 e. The number of anilines is 2. The molecular formula is C17H19ClFN5O. The number of carbonyl (C=O) groups excluding carboxylic acids is 1. The van der Waals surface area contributed by atoms with Crippen LogP contribution in [0.15, 0.2) is 30.6 Å². The number of amides is 1. The quantitative estimate of drug-likeness (QED) is 0.837. The van der Waals surface area contributed by atoms with Crippen LogP contribution < -0.4 is 9.80 Å². The Morgan fingerprint density at radius 3 is 2.44 bits per heavy atom. The zero-order valence-electron chi connectivity index (χ0n) is 14.1. The molecule has 1 amide bonds. The number of benzene rings is 1. The first kappa shape index (κ1) is 17.4. The summed E-state index contributed by atoms with van der Waals surface area (Å²) in [5.74, 6) is 0.206. The summed E-state index contributed by atoms with van der Waals surface area (Å²) in [6.45, 7) is 2.34. The van der Waals surface area contributed by atoms with Crippen LogP contribution in [0, 0.1) is 5.82 Å². The lowest BCUT2D eigenvalue weighted by molar-refractivity contribution is 0.0740. The third kappa shape index (κ3) is 3.82. The second-order valence-electron chi connectivity index (χ2n) is 6.03. The minimum absolute atomic E-state index is 0.136. The third-order valence-corrected chi connectivity index (χ3v) is 4.44. The highest BCUT2D eigenvalue weighted by atomic mass is 35.5. The molecule has 1 aromatic carbocycles. The number of halogens is 2. The number of carbonyl (C=O) groups is 1. The molecule has 0 N–H and O–H groups in total. The van der Waals surface area contributed by atoms with Gasteiger partial charge in [0.15, 0.2) is 0 Å².